The van der Waals surface area contributed by atoms with Gasteiger partial charge in [0, 0.05) is 7.05 Å². The smallest absolute Gasteiger partial charge is 0.0834 e. The second-order valence-electron chi connectivity index (χ2n) is 4.96. The van der Waals surface area contributed by atoms with E-state index in [1.54, 1.807) is 6.20 Å². The molecule has 1 unspecified atom stereocenters. The van der Waals surface area contributed by atoms with Crippen LogP contribution < -0.4 is 11.3 Å². The minimum Gasteiger partial charge on any atom is -0.271 e. The molecule has 1 atom stereocenters. The van der Waals surface area contributed by atoms with Gasteiger partial charge in [-0.15, -0.1) is 0 Å². The molecule has 0 amide bonds. The first-order valence-electron chi connectivity index (χ1n) is 6.36. The average Bonchev–Trinajstić information content (AvgIpc) is 2.68. The molecule has 0 radical (unpaired) electrons. The van der Waals surface area contributed by atoms with Crippen molar-refractivity contribution in [3.05, 3.63) is 16.9 Å². The van der Waals surface area contributed by atoms with Crippen LogP contribution in [0, 0.1) is 5.92 Å². The molecule has 1 aromatic heterocycles. The van der Waals surface area contributed by atoms with Crippen LogP contribution >= 0.6 is 11.6 Å². The molecule has 0 bridgehead atoms. The Morgan fingerprint density at radius 2 is 2.24 bits per heavy atom. The average molecular weight is 257 g/mol. The van der Waals surface area contributed by atoms with E-state index in [2.05, 4.69) is 10.5 Å². The summed E-state index contributed by atoms with van der Waals surface area (Å²) >= 11 is 6.16. The highest BCUT2D eigenvalue weighted by Crippen LogP contribution is 2.33. The van der Waals surface area contributed by atoms with Crippen molar-refractivity contribution < 1.29 is 0 Å². The summed E-state index contributed by atoms with van der Waals surface area (Å²) in [6.07, 6.45) is 9.44. The van der Waals surface area contributed by atoms with Gasteiger partial charge in [-0.05, 0) is 12.3 Å². The van der Waals surface area contributed by atoms with E-state index >= 15 is 0 Å². The summed E-state index contributed by atoms with van der Waals surface area (Å²) in [5, 5.41) is 4.87. The molecule has 5 heteroatoms. The Labute approximate surface area is 107 Å². The van der Waals surface area contributed by atoms with Gasteiger partial charge in [0.1, 0.15) is 0 Å². The fourth-order valence-electron chi connectivity index (χ4n) is 2.83. The molecule has 96 valence electrons. The van der Waals surface area contributed by atoms with Crippen LogP contribution in [0.1, 0.15) is 50.3 Å². The SMILES string of the molecule is Cn1ncc(Cl)c1C(CC1CCCCC1)NN. The van der Waals surface area contributed by atoms with Crippen LogP contribution in [0.4, 0.5) is 0 Å². The molecule has 17 heavy (non-hydrogen) atoms. The van der Waals surface area contributed by atoms with Gasteiger partial charge in [-0.3, -0.25) is 16.0 Å². The fraction of sp³-hybridized carbons (Fsp3) is 0.750. The maximum absolute atomic E-state index is 6.16. The van der Waals surface area contributed by atoms with E-state index < -0.39 is 0 Å². The second-order valence-corrected chi connectivity index (χ2v) is 5.37. The number of nitrogens with zero attached hydrogens (tertiary/aromatic N) is 2. The molecule has 1 heterocycles. The van der Waals surface area contributed by atoms with Gasteiger partial charge in [-0.1, -0.05) is 43.7 Å². The summed E-state index contributed by atoms with van der Waals surface area (Å²) in [6.45, 7) is 0. The summed E-state index contributed by atoms with van der Waals surface area (Å²) in [5.41, 5.74) is 3.89. The lowest BCUT2D eigenvalue weighted by atomic mass is 9.84. The van der Waals surface area contributed by atoms with Gasteiger partial charge < -0.3 is 0 Å². The number of hydrazine groups is 1. The van der Waals surface area contributed by atoms with Crippen LogP contribution in [-0.2, 0) is 7.05 Å². The van der Waals surface area contributed by atoms with E-state index in [-0.39, 0.29) is 6.04 Å². The molecule has 1 fully saturated rings. The lowest BCUT2D eigenvalue weighted by molar-refractivity contribution is 0.295. The van der Waals surface area contributed by atoms with Crippen molar-refractivity contribution in [2.24, 2.45) is 18.8 Å². The van der Waals surface area contributed by atoms with E-state index in [1.807, 2.05) is 11.7 Å². The number of nitrogens with two attached hydrogens (primary N) is 1. The lowest BCUT2D eigenvalue weighted by Crippen LogP contribution is -2.31. The van der Waals surface area contributed by atoms with Crippen LogP contribution in [0.5, 0.6) is 0 Å². The number of aromatic nitrogens is 2. The predicted octanol–water partition coefficient (Wildman–Crippen LogP) is 2.55. The molecule has 0 saturated heterocycles. The van der Waals surface area contributed by atoms with E-state index in [0.29, 0.717) is 5.02 Å². The number of hydrogen-bond acceptors (Lipinski definition) is 3. The van der Waals surface area contributed by atoms with Gasteiger partial charge in [0.05, 0.1) is 23.0 Å². The topological polar surface area (TPSA) is 55.9 Å². The standard InChI is InChI=1S/C12H21ClN4/c1-17-12(10(13)8-15-17)11(16-14)7-9-5-3-2-4-6-9/h8-9,11,16H,2-7,14H2,1H3. The molecule has 3 N–H and O–H groups in total. The quantitative estimate of drug-likeness (QED) is 0.643. The zero-order valence-electron chi connectivity index (χ0n) is 10.3. The normalized spacial score (nSPS) is 19.5. The molecule has 0 spiro atoms. The van der Waals surface area contributed by atoms with Gasteiger partial charge in [0.15, 0.2) is 0 Å². The largest absolute Gasteiger partial charge is 0.271 e. The maximum Gasteiger partial charge on any atom is 0.0834 e. The van der Waals surface area contributed by atoms with Crippen molar-refractivity contribution >= 4 is 11.6 Å². The summed E-state index contributed by atoms with van der Waals surface area (Å²) < 4.78 is 1.82. The number of hydrogen-bond donors (Lipinski definition) is 2. The van der Waals surface area contributed by atoms with Gasteiger partial charge in [0.25, 0.3) is 0 Å². The summed E-state index contributed by atoms with van der Waals surface area (Å²) in [6, 6.07) is 0.109. The minimum atomic E-state index is 0.109. The van der Waals surface area contributed by atoms with Crippen LogP contribution in [0.3, 0.4) is 0 Å². The number of nitrogens with one attached hydrogen (secondary N) is 1. The monoisotopic (exact) mass is 256 g/mol. The lowest BCUT2D eigenvalue weighted by Gasteiger charge is -2.26. The zero-order valence-corrected chi connectivity index (χ0v) is 11.1. The Bertz CT molecular complexity index is 338. The van der Waals surface area contributed by atoms with Gasteiger partial charge in [-0.25, -0.2) is 0 Å². The first kappa shape index (κ1) is 12.9. The van der Waals surface area contributed by atoms with Crippen molar-refractivity contribution in [2.75, 3.05) is 0 Å². The number of halogens is 1. The summed E-state index contributed by atoms with van der Waals surface area (Å²) in [4.78, 5) is 0. The number of rotatable bonds is 4. The number of aryl methyl sites for hydroxylation is 1. The highest BCUT2D eigenvalue weighted by atomic mass is 35.5. The van der Waals surface area contributed by atoms with Crippen molar-refractivity contribution in [1.82, 2.24) is 15.2 Å². The highest BCUT2D eigenvalue weighted by Gasteiger charge is 2.23. The molecule has 0 aliphatic heterocycles. The van der Waals surface area contributed by atoms with Crippen molar-refractivity contribution in [3.8, 4) is 0 Å². The van der Waals surface area contributed by atoms with Crippen molar-refractivity contribution in [3.63, 3.8) is 0 Å². The van der Waals surface area contributed by atoms with E-state index in [4.69, 9.17) is 17.4 Å². The van der Waals surface area contributed by atoms with Gasteiger partial charge in [0.2, 0.25) is 0 Å². The van der Waals surface area contributed by atoms with Crippen LogP contribution in [0.25, 0.3) is 0 Å². The van der Waals surface area contributed by atoms with Crippen LogP contribution in [-0.4, -0.2) is 9.78 Å². The Hall–Kier alpha value is -0.580. The first-order valence-corrected chi connectivity index (χ1v) is 6.73. The Balaban J connectivity index is 2.05. The zero-order chi connectivity index (χ0) is 12.3. The first-order chi connectivity index (χ1) is 8.22. The molecule has 1 aliphatic rings. The third-order valence-electron chi connectivity index (χ3n) is 3.76. The molecule has 1 aliphatic carbocycles. The van der Waals surface area contributed by atoms with Gasteiger partial charge >= 0.3 is 0 Å². The maximum atomic E-state index is 6.16. The Kier molecular flexibility index (Phi) is 4.42. The molecular weight excluding hydrogens is 236 g/mol. The Morgan fingerprint density at radius 1 is 1.53 bits per heavy atom. The molecule has 1 aromatic rings. The fourth-order valence-corrected chi connectivity index (χ4v) is 3.12. The molecule has 4 nitrogen and oxygen atoms in total. The third-order valence-corrected chi connectivity index (χ3v) is 4.05. The van der Waals surface area contributed by atoms with Gasteiger partial charge in [-0.2, -0.15) is 5.10 Å². The highest BCUT2D eigenvalue weighted by molar-refractivity contribution is 6.31. The van der Waals surface area contributed by atoms with Crippen molar-refractivity contribution in [1.29, 1.82) is 0 Å². The molecule has 0 aromatic carbocycles. The van der Waals surface area contributed by atoms with E-state index in [9.17, 15) is 0 Å². The van der Waals surface area contributed by atoms with Crippen LogP contribution in [0.2, 0.25) is 5.02 Å². The van der Waals surface area contributed by atoms with E-state index in [1.165, 1.54) is 32.1 Å². The Morgan fingerprint density at radius 3 is 2.76 bits per heavy atom. The second kappa shape index (κ2) is 5.85. The minimum absolute atomic E-state index is 0.109. The van der Waals surface area contributed by atoms with E-state index in [0.717, 1.165) is 18.0 Å². The third kappa shape index (κ3) is 3.00. The summed E-state index contributed by atoms with van der Waals surface area (Å²) in [7, 11) is 1.91. The predicted molar refractivity (Wildman–Crippen MR) is 69.5 cm³/mol. The molecular formula is C12H21ClN4. The molecule has 2 rings (SSSR count). The molecule has 1 saturated carbocycles. The summed E-state index contributed by atoms with van der Waals surface area (Å²) in [5.74, 6) is 6.43. The van der Waals surface area contributed by atoms with Crippen molar-refractivity contribution in [2.45, 2.75) is 44.6 Å². The van der Waals surface area contributed by atoms with Crippen LogP contribution in [0.15, 0.2) is 6.20 Å².